The Hall–Kier alpha value is -2.34. The summed E-state index contributed by atoms with van der Waals surface area (Å²) >= 11 is 0. The Labute approximate surface area is 155 Å². The van der Waals surface area contributed by atoms with Gasteiger partial charge in [0, 0.05) is 13.0 Å². The second kappa shape index (κ2) is 8.13. The molecule has 7 N–H and O–H groups in total. The summed E-state index contributed by atoms with van der Waals surface area (Å²) in [6.45, 7) is 2.26. The molecule has 0 spiro atoms. The van der Waals surface area contributed by atoms with E-state index in [1.807, 2.05) is 6.92 Å². The number of aryl methyl sites for hydroxylation is 1. The fourth-order valence-corrected chi connectivity index (χ4v) is 3.27. The van der Waals surface area contributed by atoms with Crippen LogP contribution in [0.5, 0.6) is 0 Å². The van der Waals surface area contributed by atoms with Crippen LogP contribution in [-0.2, 0) is 16.0 Å². The maximum Gasteiger partial charge on any atom is 0.233 e. The van der Waals surface area contributed by atoms with Gasteiger partial charge >= 0.3 is 0 Å². The van der Waals surface area contributed by atoms with Gasteiger partial charge in [0.1, 0.15) is 24.4 Å². The van der Waals surface area contributed by atoms with Crippen molar-refractivity contribution in [3.63, 3.8) is 0 Å². The molecular weight excluding hydrogens is 354 g/mol. The lowest BCUT2D eigenvalue weighted by Crippen LogP contribution is -2.33. The zero-order valence-corrected chi connectivity index (χ0v) is 15.1. The maximum atomic E-state index is 11.2. The molecule has 2 aromatic heterocycles. The van der Waals surface area contributed by atoms with Crippen LogP contribution in [0.1, 0.15) is 31.8 Å². The number of carbonyl (C=O) groups is 1. The van der Waals surface area contributed by atoms with E-state index in [1.54, 1.807) is 4.57 Å². The summed E-state index contributed by atoms with van der Waals surface area (Å²) in [6, 6.07) is 0. The molecule has 0 saturated carbocycles. The van der Waals surface area contributed by atoms with Crippen LogP contribution >= 0.6 is 0 Å². The number of rotatable bonds is 7. The standard InChI is InChI=1S/C16H25N7O4/c1-2-9-22-11-14(18)20-7-21-15(11)23(9)16-13(26)12(25)8(27-16)4-3-5-19-10(24)6-17/h7-8,12-13,16,25-26H,2-6,17H2,1H3,(H,19,24)(H2,18,20,21)/t8-,12-,13-,16-/m1/s1. The summed E-state index contributed by atoms with van der Waals surface area (Å²) < 4.78 is 7.60. The number of amides is 1. The second-order valence-corrected chi connectivity index (χ2v) is 6.43. The van der Waals surface area contributed by atoms with Gasteiger partial charge in [-0.1, -0.05) is 6.92 Å². The third-order valence-electron chi connectivity index (χ3n) is 4.66. The predicted molar refractivity (Wildman–Crippen MR) is 96.3 cm³/mol. The summed E-state index contributed by atoms with van der Waals surface area (Å²) in [5, 5.41) is 23.6. The van der Waals surface area contributed by atoms with Gasteiger partial charge < -0.3 is 31.7 Å². The molecule has 1 aliphatic heterocycles. The number of hydrogen-bond acceptors (Lipinski definition) is 9. The van der Waals surface area contributed by atoms with Crippen LogP contribution < -0.4 is 16.8 Å². The Morgan fingerprint density at radius 1 is 1.37 bits per heavy atom. The number of hydrogen-bond donors (Lipinski definition) is 5. The topological polar surface area (TPSA) is 174 Å². The van der Waals surface area contributed by atoms with Gasteiger partial charge in [-0.05, 0) is 12.8 Å². The van der Waals surface area contributed by atoms with Gasteiger partial charge in [0.25, 0.3) is 0 Å². The SMILES string of the molecule is CCc1nc2c(N)ncnc2n1[C@@H]1O[C@H](CCCNC(=O)CN)[C@@H](O)[C@H]1O. The van der Waals surface area contributed by atoms with Crippen LogP contribution in [0.25, 0.3) is 11.2 Å². The van der Waals surface area contributed by atoms with Gasteiger partial charge in [-0.15, -0.1) is 0 Å². The average Bonchev–Trinajstić information content (AvgIpc) is 3.18. The highest BCUT2D eigenvalue weighted by molar-refractivity contribution is 5.82. The normalized spacial score (nSPS) is 25.2. The van der Waals surface area contributed by atoms with Gasteiger partial charge in [-0.3, -0.25) is 9.36 Å². The number of anilines is 1. The van der Waals surface area contributed by atoms with Gasteiger partial charge in [0.15, 0.2) is 23.2 Å². The third kappa shape index (κ3) is 3.72. The minimum atomic E-state index is -1.15. The Morgan fingerprint density at radius 2 is 2.15 bits per heavy atom. The monoisotopic (exact) mass is 379 g/mol. The number of aliphatic hydroxyl groups is 2. The molecule has 1 aliphatic rings. The molecule has 2 aromatic rings. The highest BCUT2D eigenvalue weighted by atomic mass is 16.6. The maximum absolute atomic E-state index is 11.2. The summed E-state index contributed by atoms with van der Waals surface area (Å²) in [6.07, 6.45) is -0.704. The molecule has 0 aromatic carbocycles. The molecule has 11 nitrogen and oxygen atoms in total. The van der Waals surface area contributed by atoms with Crippen LogP contribution in [0.3, 0.4) is 0 Å². The predicted octanol–water partition coefficient (Wildman–Crippen LogP) is -1.55. The van der Waals surface area contributed by atoms with Crippen LogP contribution in [-0.4, -0.2) is 67.0 Å². The third-order valence-corrected chi connectivity index (χ3v) is 4.66. The smallest absolute Gasteiger partial charge is 0.233 e. The van der Waals surface area contributed by atoms with E-state index in [0.29, 0.717) is 42.8 Å². The average molecular weight is 379 g/mol. The van der Waals surface area contributed by atoms with Crippen molar-refractivity contribution in [2.24, 2.45) is 5.73 Å². The van der Waals surface area contributed by atoms with Crippen LogP contribution in [0, 0.1) is 0 Å². The number of aromatic nitrogens is 4. The van der Waals surface area contributed by atoms with Crippen molar-refractivity contribution in [2.45, 2.75) is 50.7 Å². The van der Waals surface area contributed by atoms with E-state index in [0.717, 1.165) is 0 Å². The largest absolute Gasteiger partial charge is 0.388 e. The van der Waals surface area contributed by atoms with E-state index in [2.05, 4.69) is 20.3 Å². The number of nitrogen functional groups attached to an aromatic ring is 1. The molecule has 0 radical (unpaired) electrons. The van der Waals surface area contributed by atoms with Crippen molar-refractivity contribution >= 4 is 22.9 Å². The number of nitrogens with one attached hydrogen (secondary N) is 1. The molecule has 0 bridgehead atoms. The molecule has 0 aliphatic carbocycles. The van der Waals surface area contributed by atoms with Crippen LogP contribution in [0.15, 0.2) is 6.33 Å². The lowest BCUT2D eigenvalue weighted by atomic mass is 10.1. The quantitative estimate of drug-likeness (QED) is 0.356. The molecular formula is C16H25N7O4. The zero-order chi connectivity index (χ0) is 19.6. The molecule has 3 heterocycles. The Bertz CT molecular complexity index is 811. The molecule has 1 saturated heterocycles. The molecule has 4 atom stereocenters. The van der Waals surface area contributed by atoms with Crippen molar-refractivity contribution in [3.8, 4) is 0 Å². The van der Waals surface area contributed by atoms with Crippen molar-refractivity contribution in [3.05, 3.63) is 12.2 Å². The Balaban J connectivity index is 1.77. The zero-order valence-electron chi connectivity index (χ0n) is 15.1. The second-order valence-electron chi connectivity index (χ2n) is 6.43. The van der Waals surface area contributed by atoms with Crippen LogP contribution in [0.2, 0.25) is 0 Å². The van der Waals surface area contributed by atoms with E-state index < -0.39 is 24.5 Å². The first-order valence-corrected chi connectivity index (χ1v) is 8.93. The summed E-state index contributed by atoms with van der Waals surface area (Å²) in [5.41, 5.74) is 12.0. The number of nitrogens with zero attached hydrogens (tertiary/aromatic N) is 4. The minimum absolute atomic E-state index is 0.0676. The van der Waals surface area contributed by atoms with Crippen molar-refractivity contribution < 1.29 is 19.7 Å². The van der Waals surface area contributed by atoms with E-state index in [4.69, 9.17) is 16.2 Å². The summed E-state index contributed by atoms with van der Waals surface area (Å²) in [7, 11) is 0. The lowest BCUT2D eigenvalue weighted by molar-refractivity contribution is -0.119. The Kier molecular flexibility index (Phi) is 5.85. The lowest BCUT2D eigenvalue weighted by Gasteiger charge is -2.19. The first-order valence-electron chi connectivity index (χ1n) is 8.93. The highest BCUT2D eigenvalue weighted by Gasteiger charge is 2.44. The molecule has 0 unspecified atom stereocenters. The van der Waals surface area contributed by atoms with Gasteiger partial charge in [-0.25, -0.2) is 15.0 Å². The number of ether oxygens (including phenoxy) is 1. The van der Waals surface area contributed by atoms with E-state index in [1.165, 1.54) is 6.33 Å². The first kappa shape index (κ1) is 19.4. The van der Waals surface area contributed by atoms with Crippen molar-refractivity contribution in [2.75, 3.05) is 18.8 Å². The van der Waals surface area contributed by atoms with Crippen LogP contribution in [0.4, 0.5) is 5.82 Å². The van der Waals surface area contributed by atoms with Crippen molar-refractivity contribution in [1.82, 2.24) is 24.8 Å². The number of nitrogens with two attached hydrogens (primary N) is 2. The van der Waals surface area contributed by atoms with E-state index >= 15 is 0 Å². The summed E-state index contributed by atoms with van der Waals surface area (Å²) in [4.78, 5) is 23.8. The molecule has 3 rings (SSSR count). The molecule has 27 heavy (non-hydrogen) atoms. The van der Waals surface area contributed by atoms with Gasteiger partial charge in [0.05, 0.1) is 12.6 Å². The highest BCUT2D eigenvalue weighted by Crippen LogP contribution is 2.35. The molecule has 1 amide bonds. The molecule has 148 valence electrons. The molecule has 11 heteroatoms. The van der Waals surface area contributed by atoms with E-state index in [9.17, 15) is 15.0 Å². The van der Waals surface area contributed by atoms with Gasteiger partial charge in [0.2, 0.25) is 5.91 Å². The Morgan fingerprint density at radius 3 is 2.85 bits per heavy atom. The van der Waals surface area contributed by atoms with E-state index in [-0.39, 0.29) is 18.3 Å². The number of fused-ring (bicyclic) bond motifs is 1. The van der Waals surface area contributed by atoms with Gasteiger partial charge in [-0.2, -0.15) is 0 Å². The summed E-state index contributed by atoms with van der Waals surface area (Å²) in [5.74, 6) is 0.633. The van der Waals surface area contributed by atoms with Crippen molar-refractivity contribution in [1.29, 1.82) is 0 Å². The molecule has 1 fully saturated rings. The first-order chi connectivity index (χ1) is 13.0. The fraction of sp³-hybridized carbons (Fsp3) is 0.625. The number of carbonyl (C=O) groups excluding carboxylic acids is 1. The minimum Gasteiger partial charge on any atom is -0.388 e. The number of aliphatic hydroxyl groups excluding tert-OH is 2. The number of imidazole rings is 1. The fourth-order valence-electron chi connectivity index (χ4n) is 3.27.